The van der Waals surface area contributed by atoms with Crippen LogP contribution in [0.25, 0.3) is 0 Å². The first-order valence-electron chi connectivity index (χ1n) is 6.99. The van der Waals surface area contributed by atoms with Crippen LogP contribution < -0.4 is 5.32 Å². The van der Waals surface area contributed by atoms with E-state index >= 15 is 0 Å². The van der Waals surface area contributed by atoms with Crippen molar-refractivity contribution < 1.29 is 0 Å². The van der Waals surface area contributed by atoms with Gasteiger partial charge in [-0.05, 0) is 32.4 Å². The summed E-state index contributed by atoms with van der Waals surface area (Å²) in [5.41, 5.74) is 0. The fourth-order valence-electron chi connectivity index (χ4n) is 2.26. The van der Waals surface area contributed by atoms with Gasteiger partial charge in [0, 0.05) is 0 Å². The first-order chi connectivity index (χ1) is 7.35. The highest BCUT2D eigenvalue weighted by molar-refractivity contribution is 4.61. The zero-order valence-electron chi connectivity index (χ0n) is 11.1. The van der Waals surface area contributed by atoms with Crippen LogP contribution in [0.3, 0.4) is 0 Å². The SMILES string of the molecule is CCCCCCCCC(CCC)CNC. The average Bonchev–Trinajstić information content (AvgIpc) is 2.24. The summed E-state index contributed by atoms with van der Waals surface area (Å²) in [7, 11) is 2.07. The van der Waals surface area contributed by atoms with Gasteiger partial charge in [-0.2, -0.15) is 0 Å². The van der Waals surface area contributed by atoms with Gasteiger partial charge < -0.3 is 5.32 Å². The van der Waals surface area contributed by atoms with Gasteiger partial charge in [0.2, 0.25) is 0 Å². The third-order valence-corrected chi connectivity index (χ3v) is 3.16. The molecule has 0 radical (unpaired) electrons. The molecule has 1 atom stereocenters. The molecule has 0 aliphatic rings. The summed E-state index contributed by atoms with van der Waals surface area (Å²) in [5, 5.41) is 3.31. The van der Waals surface area contributed by atoms with Gasteiger partial charge in [-0.3, -0.25) is 0 Å². The van der Waals surface area contributed by atoms with Gasteiger partial charge in [-0.15, -0.1) is 0 Å². The molecule has 0 saturated carbocycles. The smallest absolute Gasteiger partial charge is 0.00235 e. The molecular weight excluding hydrogens is 182 g/mol. The number of unbranched alkanes of at least 4 members (excludes halogenated alkanes) is 5. The van der Waals surface area contributed by atoms with Crippen molar-refractivity contribution >= 4 is 0 Å². The molecule has 0 spiro atoms. The third-order valence-electron chi connectivity index (χ3n) is 3.16. The molecule has 0 aliphatic heterocycles. The van der Waals surface area contributed by atoms with Gasteiger partial charge in [0.25, 0.3) is 0 Å². The van der Waals surface area contributed by atoms with Crippen molar-refractivity contribution in [1.82, 2.24) is 5.32 Å². The van der Waals surface area contributed by atoms with Crippen molar-refractivity contribution in [3.8, 4) is 0 Å². The van der Waals surface area contributed by atoms with Crippen LogP contribution >= 0.6 is 0 Å². The van der Waals surface area contributed by atoms with Gasteiger partial charge in [0.05, 0.1) is 0 Å². The Labute approximate surface area is 97.0 Å². The topological polar surface area (TPSA) is 12.0 Å². The zero-order chi connectivity index (χ0) is 11.4. The van der Waals surface area contributed by atoms with E-state index in [0.29, 0.717) is 0 Å². The van der Waals surface area contributed by atoms with Crippen molar-refractivity contribution in [2.45, 2.75) is 71.6 Å². The maximum absolute atomic E-state index is 3.31. The molecular formula is C14H31N. The van der Waals surface area contributed by atoms with E-state index in [1.54, 1.807) is 0 Å². The Morgan fingerprint density at radius 1 is 0.800 bits per heavy atom. The third kappa shape index (κ3) is 10.2. The molecule has 0 aromatic carbocycles. The standard InChI is InChI=1S/C14H31N/c1-4-6-7-8-9-10-12-14(11-5-2)13-15-3/h14-15H,4-13H2,1-3H3. The van der Waals surface area contributed by atoms with Gasteiger partial charge >= 0.3 is 0 Å². The normalized spacial score (nSPS) is 13.0. The molecule has 0 rings (SSSR count). The maximum Gasteiger partial charge on any atom is -0.00235 e. The van der Waals surface area contributed by atoms with E-state index in [4.69, 9.17) is 0 Å². The fourth-order valence-corrected chi connectivity index (χ4v) is 2.26. The Kier molecular flexibility index (Phi) is 12.0. The minimum Gasteiger partial charge on any atom is -0.319 e. The summed E-state index contributed by atoms with van der Waals surface area (Å²) in [4.78, 5) is 0. The van der Waals surface area contributed by atoms with Gasteiger partial charge in [-0.1, -0.05) is 58.8 Å². The van der Waals surface area contributed by atoms with E-state index in [0.717, 1.165) is 5.92 Å². The van der Waals surface area contributed by atoms with Crippen molar-refractivity contribution in [2.75, 3.05) is 13.6 Å². The highest BCUT2D eigenvalue weighted by Gasteiger charge is 2.05. The molecule has 0 amide bonds. The van der Waals surface area contributed by atoms with Crippen LogP contribution in [0.15, 0.2) is 0 Å². The van der Waals surface area contributed by atoms with Gasteiger partial charge in [0.1, 0.15) is 0 Å². The molecule has 15 heavy (non-hydrogen) atoms. The molecule has 92 valence electrons. The Balaban J connectivity index is 3.28. The monoisotopic (exact) mass is 213 g/mol. The molecule has 1 heteroatoms. The average molecular weight is 213 g/mol. The lowest BCUT2D eigenvalue weighted by molar-refractivity contribution is 0.406. The summed E-state index contributed by atoms with van der Waals surface area (Å²) in [5.74, 6) is 0.922. The summed E-state index contributed by atoms with van der Waals surface area (Å²) >= 11 is 0. The van der Waals surface area contributed by atoms with Crippen LogP contribution in [0.1, 0.15) is 71.6 Å². The second-order valence-corrected chi connectivity index (χ2v) is 4.77. The molecule has 1 unspecified atom stereocenters. The van der Waals surface area contributed by atoms with E-state index in [9.17, 15) is 0 Å². The van der Waals surface area contributed by atoms with Crippen molar-refractivity contribution in [2.24, 2.45) is 5.92 Å². The Bertz CT molecular complexity index is 106. The van der Waals surface area contributed by atoms with Gasteiger partial charge in [-0.25, -0.2) is 0 Å². The van der Waals surface area contributed by atoms with Crippen molar-refractivity contribution in [1.29, 1.82) is 0 Å². The van der Waals surface area contributed by atoms with Crippen LogP contribution in [-0.2, 0) is 0 Å². The van der Waals surface area contributed by atoms with E-state index in [2.05, 4.69) is 26.2 Å². The maximum atomic E-state index is 3.31. The van der Waals surface area contributed by atoms with Gasteiger partial charge in [0.15, 0.2) is 0 Å². The molecule has 0 saturated heterocycles. The Hall–Kier alpha value is -0.0400. The second-order valence-electron chi connectivity index (χ2n) is 4.77. The highest BCUT2D eigenvalue weighted by atomic mass is 14.8. The molecule has 0 bridgehead atoms. The predicted molar refractivity (Wildman–Crippen MR) is 70.3 cm³/mol. The minimum atomic E-state index is 0.922. The van der Waals surface area contributed by atoms with E-state index in [1.807, 2.05) is 0 Å². The largest absolute Gasteiger partial charge is 0.319 e. The predicted octanol–water partition coefficient (Wildman–Crippen LogP) is 4.37. The quantitative estimate of drug-likeness (QED) is 0.502. The second kappa shape index (κ2) is 12.0. The summed E-state index contributed by atoms with van der Waals surface area (Å²) in [6, 6.07) is 0. The summed E-state index contributed by atoms with van der Waals surface area (Å²) in [6.45, 7) is 5.79. The van der Waals surface area contributed by atoms with Crippen LogP contribution in [0.5, 0.6) is 0 Å². The first kappa shape index (κ1) is 15.0. The Morgan fingerprint density at radius 2 is 1.47 bits per heavy atom. The summed E-state index contributed by atoms with van der Waals surface area (Å²) in [6.07, 6.45) is 12.7. The highest BCUT2D eigenvalue weighted by Crippen LogP contribution is 2.15. The molecule has 0 aliphatic carbocycles. The number of hydrogen-bond donors (Lipinski definition) is 1. The van der Waals surface area contributed by atoms with Crippen LogP contribution in [0, 0.1) is 5.92 Å². The van der Waals surface area contributed by atoms with Crippen LogP contribution in [0.4, 0.5) is 0 Å². The van der Waals surface area contributed by atoms with Crippen molar-refractivity contribution in [3.05, 3.63) is 0 Å². The molecule has 0 aromatic rings. The van der Waals surface area contributed by atoms with Crippen LogP contribution in [-0.4, -0.2) is 13.6 Å². The zero-order valence-corrected chi connectivity index (χ0v) is 11.1. The fraction of sp³-hybridized carbons (Fsp3) is 1.00. The molecule has 0 aromatic heterocycles. The molecule has 1 nitrogen and oxygen atoms in total. The molecule has 0 heterocycles. The molecule has 1 N–H and O–H groups in total. The molecule has 0 fully saturated rings. The van der Waals surface area contributed by atoms with E-state index in [-0.39, 0.29) is 0 Å². The van der Waals surface area contributed by atoms with Crippen molar-refractivity contribution in [3.63, 3.8) is 0 Å². The van der Waals surface area contributed by atoms with E-state index in [1.165, 1.54) is 64.3 Å². The van der Waals surface area contributed by atoms with Crippen LogP contribution in [0.2, 0.25) is 0 Å². The lowest BCUT2D eigenvalue weighted by atomic mass is 9.96. The lowest BCUT2D eigenvalue weighted by Crippen LogP contribution is -2.18. The number of nitrogens with one attached hydrogen (secondary N) is 1. The minimum absolute atomic E-state index is 0.922. The lowest BCUT2D eigenvalue weighted by Gasteiger charge is -2.15. The number of rotatable bonds is 11. The Morgan fingerprint density at radius 3 is 2.07 bits per heavy atom. The van der Waals surface area contributed by atoms with E-state index < -0.39 is 0 Å². The first-order valence-corrected chi connectivity index (χ1v) is 6.99. The summed E-state index contributed by atoms with van der Waals surface area (Å²) < 4.78 is 0. The number of hydrogen-bond acceptors (Lipinski definition) is 1.